The largest absolute Gasteiger partial charge is 0.458 e. The highest BCUT2D eigenvalue weighted by molar-refractivity contribution is 6.97. The second kappa shape index (κ2) is 16.9. The summed E-state index contributed by atoms with van der Waals surface area (Å²) in [5, 5.41) is 5.23. The molecule has 1 unspecified atom stereocenters. The zero-order chi connectivity index (χ0) is 37.4. The fourth-order valence-corrected chi connectivity index (χ4v) is 12.2. The number of carbonyl (C=O) groups excluding carboxylic acids is 2. The number of hydrogen-bond acceptors (Lipinski definition) is 5. The molecular weight excluding hydrogens is 682 g/mol. The summed E-state index contributed by atoms with van der Waals surface area (Å²) in [6, 6.07) is 36.3. The van der Waals surface area contributed by atoms with Crippen molar-refractivity contribution in [3.8, 4) is 0 Å². The number of allylic oxidation sites excluding steroid dienone is 2. The Bertz CT molecular complexity index is 1890. The summed E-state index contributed by atoms with van der Waals surface area (Å²) < 4.78 is 33.7. The fourth-order valence-electron chi connectivity index (χ4n) is 7.81. The van der Waals surface area contributed by atoms with Crippen LogP contribution in [0.15, 0.2) is 127 Å². The molecule has 1 amide bonds. The molecule has 0 bridgehead atoms. The molecule has 6 nitrogen and oxygen atoms in total. The van der Waals surface area contributed by atoms with Crippen molar-refractivity contribution < 1.29 is 27.9 Å². The van der Waals surface area contributed by atoms with Crippen LogP contribution in [0.3, 0.4) is 0 Å². The maximum absolute atomic E-state index is 14.5. The molecule has 4 aromatic rings. The van der Waals surface area contributed by atoms with Crippen molar-refractivity contribution in [1.82, 2.24) is 0 Å². The van der Waals surface area contributed by atoms with Gasteiger partial charge in [0.1, 0.15) is 18.0 Å². The Hall–Kier alpha value is -4.79. The smallest absolute Gasteiger partial charge is 0.411 e. The molecule has 4 aromatic carbocycles. The van der Waals surface area contributed by atoms with Gasteiger partial charge in [0.2, 0.25) is 0 Å². The van der Waals surface area contributed by atoms with Crippen LogP contribution in [0, 0.1) is 18.2 Å². The predicted molar refractivity (Wildman–Crippen MR) is 212 cm³/mol. The lowest BCUT2D eigenvalue weighted by atomic mass is 9.69. The summed E-state index contributed by atoms with van der Waals surface area (Å²) in [6.45, 7) is 8.20. The molecule has 3 atom stereocenters. The van der Waals surface area contributed by atoms with Gasteiger partial charge in [-0.2, -0.15) is 0 Å². The summed E-state index contributed by atoms with van der Waals surface area (Å²) in [5.74, 6) is -0.555. The number of benzene rings is 4. The highest BCUT2D eigenvalue weighted by Crippen LogP contribution is 2.46. The topological polar surface area (TPSA) is 73.9 Å². The molecule has 0 spiro atoms. The molecule has 6 rings (SSSR count). The first-order valence-electron chi connectivity index (χ1n) is 18.8. The van der Waals surface area contributed by atoms with E-state index in [0.29, 0.717) is 30.5 Å². The minimum Gasteiger partial charge on any atom is -0.458 e. The molecule has 8 heteroatoms. The number of ether oxygens (including phenoxy) is 2. The fraction of sp³-hybridized carbons (Fsp3) is 0.333. The van der Waals surface area contributed by atoms with Crippen LogP contribution in [0.2, 0.25) is 6.04 Å². The summed E-state index contributed by atoms with van der Waals surface area (Å²) in [5.41, 5.74) is 3.63. The second-order valence-electron chi connectivity index (χ2n) is 14.9. The Labute approximate surface area is 314 Å². The van der Waals surface area contributed by atoms with Gasteiger partial charge in [-0.25, -0.2) is 9.18 Å². The van der Waals surface area contributed by atoms with Crippen LogP contribution in [-0.4, -0.2) is 38.7 Å². The van der Waals surface area contributed by atoms with Gasteiger partial charge >= 0.3 is 12.1 Å². The predicted octanol–water partition coefficient (Wildman–Crippen LogP) is 9.53. The van der Waals surface area contributed by atoms with E-state index in [1.807, 2.05) is 54.6 Å². The minimum absolute atomic E-state index is 0.198. The molecular formula is C45H50FNO5Si. The number of halogens is 1. The van der Waals surface area contributed by atoms with Gasteiger partial charge in [0, 0.05) is 18.5 Å². The lowest BCUT2D eigenvalue weighted by molar-refractivity contribution is -0.155. The number of cyclic esters (lactones) is 1. The summed E-state index contributed by atoms with van der Waals surface area (Å²) >= 11 is 0. The summed E-state index contributed by atoms with van der Waals surface area (Å²) in [7, 11) is -2.72. The van der Waals surface area contributed by atoms with Crippen LogP contribution in [0.25, 0.3) is 5.57 Å². The van der Waals surface area contributed by atoms with E-state index < -0.39 is 32.0 Å². The maximum Gasteiger partial charge on any atom is 0.411 e. The Morgan fingerprint density at radius 3 is 2.19 bits per heavy atom. The Kier molecular flexibility index (Phi) is 12.1. The molecule has 1 saturated heterocycles. The van der Waals surface area contributed by atoms with Crippen molar-refractivity contribution in [2.45, 2.75) is 90.6 Å². The molecule has 1 aliphatic carbocycles. The van der Waals surface area contributed by atoms with Crippen LogP contribution in [0.4, 0.5) is 14.9 Å². The first kappa shape index (κ1) is 37.9. The molecule has 1 heterocycles. The zero-order valence-corrected chi connectivity index (χ0v) is 32.1. The highest BCUT2D eigenvalue weighted by Gasteiger charge is 2.43. The van der Waals surface area contributed by atoms with E-state index in [0.717, 1.165) is 35.6 Å². The van der Waals surface area contributed by atoms with Crippen LogP contribution in [0.1, 0.15) is 70.4 Å². The van der Waals surface area contributed by atoms with E-state index in [-0.39, 0.29) is 24.3 Å². The highest BCUT2D eigenvalue weighted by atomic mass is 28.4. The molecule has 53 heavy (non-hydrogen) atoms. The van der Waals surface area contributed by atoms with Crippen molar-refractivity contribution >= 4 is 42.0 Å². The van der Waals surface area contributed by atoms with Gasteiger partial charge in [0.05, 0.1) is 12.5 Å². The first-order chi connectivity index (χ1) is 25.6. The number of anilines is 1. The van der Waals surface area contributed by atoms with E-state index in [1.54, 1.807) is 13.0 Å². The number of esters is 1. The molecule has 2 aliphatic rings. The Balaban J connectivity index is 1.29. The molecule has 0 saturated carbocycles. The van der Waals surface area contributed by atoms with Gasteiger partial charge in [0.15, 0.2) is 0 Å². The maximum atomic E-state index is 14.5. The van der Waals surface area contributed by atoms with E-state index in [9.17, 15) is 14.0 Å². The zero-order valence-electron chi connectivity index (χ0n) is 31.1. The molecule has 1 aliphatic heterocycles. The van der Waals surface area contributed by atoms with Crippen LogP contribution >= 0.6 is 0 Å². The number of nitrogens with one attached hydrogen (secondary N) is 1. The van der Waals surface area contributed by atoms with Crippen molar-refractivity contribution in [1.29, 1.82) is 0 Å². The van der Waals surface area contributed by atoms with Gasteiger partial charge in [0.25, 0.3) is 8.32 Å². The van der Waals surface area contributed by atoms with E-state index >= 15 is 0 Å². The summed E-state index contributed by atoms with van der Waals surface area (Å²) in [6.07, 6.45) is 6.12. The Morgan fingerprint density at radius 1 is 0.925 bits per heavy atom. The van der Waals surface area contributed by atoms with Gasteiger partial charge in [-0.05, 0) is 87.8 Å². The third-order valence-electron chi connectivity index (χ3n) is 10.4. The number of aryl methyl sites for hydroxylation is 1. The molecule has 0 aromatic heterocycles. The average molecular weight is 732 g/mol. The molecule has 0 radical (unpaired) electrons. The second-order valence-corrected chi connectivity index (χ2v) is 18.4. The van der Waals surface area contributed by atoms with Crippen molar-refractivity contribution in [3.63, 3.8) is 0 Å². The lowest BCUT2D eigenvalue weighted by Gasteiger charge is -2.39. The standard InChI is InChI=1S/C45H50FNO5Si/c1-5-6-26-53(38-18-12-8-13-19-38,39-20-14-9-15-21-39)52-36-28-35(50-43(48)30-36)23-24-41-40(33-22-25-42(46)32(2)27-33)29-37(31-45(41,3)4)51-44(49)47-34-16-10-7-11-17-34/h7-25,27,35-37H,5-6,26,28-31H2,1-4H3,(H,47,49)/b24-23+/t35-,36-,37?/m1/s1. The van der Waals surface area contributed by atoms with Gasteiger partial charge in [-0.15, -0.1) is 0 Å². The molecule has 1 fully saturated rings. The monoisotopic (exact) mass is 731 g/mol. The number of para-hydroxylation sites is 1. The minimum atomic E-state index is -2.72. The molecule has 276 valence electrons. The number of carbonyl (C=O) groups is 2. The summed E-state index contributed by atoms with van der Waals surface area (Å²) in [4.78, 5) is 26.2. The van der Waals surface area contributed by atoms with E-state index in [4.69, 9.17) is 13.9 Å². The van der Waals surface area contributed by atoms with Crippen molar-refractivity contribution in [3.05, 3.63) is 144 Å². The number of hydrogen-bond donors (Lipinski definition) is 1. The number of unbranched alkanes of at least 4 members (excludes halogenated alkanes) is 1. The Morgan fingerprint density at radius 2 is 1.57 bits per heavy atom. The normalized spacial score (nSPS) is 20.2. The van der Waals surface area contributed by atoms with Crippen molar-refractivity contribution in [2.75, 3.05) is 5.32 Å². The average Bonchev–Trinajstić information content (AvgIpc) is 3.14. The van der Waals surface area contributed by atoms with Crippen molar-refractivity contribution in [2.24, 2.45) is 5.41 Å². The molecule has 1 N–H and O–H groups in total. The van der Waals surface area contributed by atoms with E-state index in [2.05, 4.69) is 80.7 Å². The van der Waals surface area contributed by atoms with Crippen LogP contribution in [-0.2, 0) is 18.7 Å². The first-order valence-corrected chi connectivity index (χ1v) is 20.9. The van der Waals surface area contributed by atoms with E-state index in [1.165, 1.54) is 16.4 Å². The van der Waals surface area contributed by atoms with Gasteiger partial charge in [-0.3, -0.25) is 10.1 Å². The lowest BCUT2D eigenvalue weighted by Crippen LogP contribution is -2.62. The van der Waals surface area contributed by atoms with Crippen LogP contribution in [0.5, 0.6) is 0 Å². The third-order valence-corrected chi connectivity index (χ3v) is 14.7. The number of rotatable bonds is 12. The third kappa shape index (κ3) is 9.24. The van der Waals surface area contributed by atoms with Crippen LogP contribution < -0.4 is 15.7 Å². The SMILES string of the molecule is CCCC[Si](O[C@H]1CC(=O)O[C@H](/C=C/C2=C(c3ccc(F)c(C)c3)CC(OC(=O)Nc3ccccc3)CC2(C)C)C1)(c1ccccc1)c1ccccc1. The van der Waals surface area contributed by atoms with Gasteiger partial charge in [-0.1, -0.05) is 125 Å². The quantitative estimate of drug-likeness (QED) is 0.116. The number of amides is 1. The van der Waals surface area contributed by atoms with Gasteiger partial charge < -0.3 is 13.9 Å².